The molecule has 0 aliphatic rings. The zero-order valence-electron chi connectivity index (χ0n) is 59.6. The standard InChI is InChI=1S/C23H16FN2.C13H12FN2.C12H8F2NO.C12H9FNO.C11H6F2N.C11H7FN.C5H8O2.5Ir/c24-19-13-11-18(12-14-19)23-17-22(15-16-25-23)26(20-7-3-1-4-8-20)21-9-5-2-6-10-21;1-16(2)12-7-8-15-13(9-12)10-3-5-11(14)6-4-10;13-9-1-2-10(11(14)6-9)12-5-8(7-16)3-4-15-12;13-11-3-1-10(2-4-11)12-7-9(8-15)5-6-14-12;12-8-4-5-9(10(13)7-8)11-3-1-2-6-14-11;12-10-6-4-9(5-7-10)11-3-1-2-8-13-11;1-4(6)3-5(2)7;;;;;/h1-11,13-17H;3,5-9H,1-2H3;1,3-6,16H,7H2;1,3-7,15H,8H2;1-4,6-7H;1-4,6-8H;3,6H,1-2H3;;;;;/q6*-1;;;;;;. The fraction of sp³-hybridized carbons (Fsp3) is 0.0690. The predicted molar refractivity (Wildman–Crippen MR) is 399 cm³/mol. The zero-order valence-corrected chi connectivity index (χ0v) is 71.5. The van der Waals surface area contributed by atoms with Crippen LogP contribution >= 0.6 is 0 Å². The van der Waals surface area contributed by atoms with Crippen molar-refractivity contribution in [3.05, 3.63) is 386 Å². The van der Waals surface area contributed by atoms with Gasteiger partial charge in [0.25, 0.3) is 0 Å². The Hall–Kier alpha value is -9.92. The zero-order chi connectivity index (χ0) is 76.5. The molecule has 0 atom stereocenters. The van der Waals surface area contributed by atoms with Crippen molar-refractivity contribution in [3.63, 3.8) is 0 Å². The number of pyridine rings is 6. The van der Waals surface area contributed by atoms with Crippen LogP contribution in [0.3, 0.4) is 0 Å². The molecule has 12 nitrogen and oxygen atoms in total. The topological polar surface area (TPSA) is 162 Å². The van der Waals surface area contributed by atoms with Crippen molar-refractivity contribution in [1.29, 1.82) is 0 Å². The summed E-state index contributed by atoms with van der Waals surface area (Å²) in [5.41, 5.74) is 12.7. The van der Waals surface area contributed by atoms with Gasteiger partial charge in [0.2, 0.25) is 0 Å². The van der Waals surface area contributed by atoms with Gasteiger partial charge in [0, 0.05) is 227 Å². The Bertz CT molecular complexity index is 5070. The van der Waals surface area contributed by atoms with E-state index >= 15 is 0 Å². The van der Waals surface area contributed by atoms with E-state index in [1.807, 2.05) is 97.9 Å². The quantitative estimate of drug-likeness (QED) is 0.0434. The summed E-state index contributed by atoms with van der Waals surface area (Å²) in [5.74, 6) is -3.94. The third kappa shape index (κ3) is 31.7. The number of ketones is 1. The van der Waals surface area contributed by atoms with Gasteiger partial charge in [-0.15, -0.1) is 144 Å². The number of aromatic nitrogens is 6. The van der Waals surface area contributed by atoms with E-state index in [-0.39, 0.29) is 160 Å². The van der Waals surface area contributed by atoms with E-state index in [0.29, 0.717) is 28.2 Å². The molecule has 6 aromatic heterocycles. The number of aliphatic hydroxyl groups is 3. The number of carbonyl (C=O) groups excluding carboxylic acids is 1. The monoisotopic (exact) mass is 2400 g/mol. The van der Waals surface area contributed by atoms with Gasteiger partial charge >= 0.3 is 0 Å². The first kappa shape index (κ1) is 96.3. The van der Waals surface area contributed by atoms with Crippen LogP contribution in [0.15, 0.2) is 292 Å². The molecule has 14 rings (SSSR count). The van der Waals surface area contributed by atoms with Crippen LogP contribution in [0.25, 0.3) is 67.5 Å². The molecule has 0 bridgehead atoms. The van der Waals surface area contributed by atoms with Gasteiger partial charge in [0.15, 0.2) is 5.78 Å². The van der Waals surface area contributed by atoms with Gasteiger partial charge in [0.05, 0.1) is 19.0 Å². The molecule has 14 aromatic rings. The van der Waals surface area contributed by atoms with Crippen molar-refractivity contribution >= 4 is 28.5 Å². The average Bonchev–Trinajstić information content (AvgIpc) is 0.800. The predicted octanol–water partition coefficient (Wildman–Crippen LogP) is 20.0. The van der Waals surface area contributed by atoms with E-state index < -0.39 is 23.3 Å². The van der Waals surface area contributed by atoms with E-state index in [4.69, 9.17) is 15.3 Å². The molecule has 5 radical (unpaired) electrons. The second-order valence-corrected chi connectivity index (χ2v) is 22.7. The fourth-order valence-electron chi connectivity index (χ4n) is 9.45. The number of rotatable bonds is 13. The summed E-state index contributed by atoms with van der Waals surface area (Å²) < 4.78 is 103. The van der Waals surface area contributed by atoms with Crippen molar-refractivity contribution in [2.24, 2.45) is 0 Å². The number of allylic oxidation sites excluding steroid dienone is 2. The second-order valence-electron chi connectivity index (χ2n) is 22.7. The second kappa shape index (κ2) is 50.9. The van der Waals surface area contributed by atoms with Crippen LogP contribution in [0.5, 0.6) is 0 Å². The third-order valence-corrected chi connectivity index (χ3v) is 14.5. The maximum Gasteiger partial charge on any atom is 0.155 e. The summed E-state index contributed by atoms with van der Waals surface area (Å²) >= 11 is 0. The summed E-state index contributed by atoms with van der Waals surface area (Å²) in [5, 5.41) is 26.2. The molecule has 0 spiro atoms. The first-order valence-corrected chi connectivity index (χ1v) is 32.5. The molecular formula is C87H66F8Ir5N8O4-6. The van der Waals surface area contributed by atoms with Crippen molar-refractivity contribution in [2.75, 3.05) is 23.9 Å². The van der Waals surface area contributed by atoms with Gasteiger partial charge in [-0.25, -0.2) is 0 Å². The van der Waals surface area contributed by atoms with Gasteiger partial charge in [0.1, 0.15) is 0 Å². The molecule has 112 heavy (non-hydrogen) atoms. The summed E-state index contributed by atoms with van der Waals surface area (Å²) in [6.45, 7) is 2.66. The molecule has 585 valence electrons. The molecule has 0 amide bonds. The minimum atomic E-state index is -0.720. The van der Waals surface area contributed by atoms with Crippen LogP contribution in [0.2, 0.25) is 0 Å². The molecule has 0 unspecified atom stereocenters. The number of hydrogen-bond acceptors (Lipinski definition) is 12. The molecule has 0 saturated carbocycles. The molecule has 25 heteroatoms. The van der Waals surface area contributed by atoms with Crippen molar-refractivity contribution in [2.45, 2.75) is 27.1 Å². The van der Waals surface area contributed by atoms with Crippen LogP contribution in [-0.4, -0.2) is 65.1 Å². The van der Waals surface area contributed by atoms with E-state index in [0.717, 1.165) is 86.4 Å². The van der Waals surface area contributed by atoms with Gasteiger partial charge < -0.3 is 55.0 Å². The SMILES string of the molecule is CC(=O)C=C(C)O.CN(C)c1ccnc(-c2[c-]cc(F)cc2)c1.Fc1c[c-]c(-c2cc(N(c3ccccc3)c3ccccc3)ccn2)cc1.Fc1c[c-]c(-c2ccccn2)c(F)c1.Fc1c[c-]c(-c2ccccn2)cc1.OCc1ccnc(-c2[c-]cc(F)cc2)c1.OCc1ccnc(-c2[c-]cc(F)cc2F)c1.[Ir].[Ir].[Ir].[Ir].[Ir]. The maximum atomic E-state index is 13.4. The maximum absolute atomic E-state index is 13.4. The van der Waals surface area contributed by atoms with E-state index in [2.05, 4.69) is 95.5 Å². The first-order chi connectivity index (χ1) is 51.7. The average molecular weight is 2400 g/mol. The third-order valence-electron chi connectivity index (χ3n) is 14.5. The number of carbonyl (C=O) groups is 1. The van der Waals surface area contributed by atoms with E-state index in [9.17, 15) is 39.9 Å². The summed E-state index contributed by atoms with van der Waals surface area (Å²) in [4.78, 5) is 39.0. The number of benzene rings is 8. The number of nitrogens with zero attached hydrogens (tertiary/aromatic N) is 8. The van der Waals surface area contributed by atoms with Crippen LogP contribution in [0, 0.1) is 82.9 Å². The van der Waals surface area contributed by atoms with E-state index in [1.54, 1.807) is 91.6 Å². The molecule has 0 aliphatic carbocycles. The largest absolute Gasteiger partial charge is 0.512 e. The Morgan fingerprint density at radius 3 is 1.03 bits per heavy atom. The molecule has 3 N–H and O–H groups in total. The normalized spacial score (nSPS) is 9.89. The van der Waals surface area contributed by atoms with Crippen molar-refractivity contribution in [3.8, 4) is 67.5 Å². The molecular weight excluding hydrogens is 2330 g/mol. The van der Waals surface area contributed by atoms with Crippen LogP contribution in [0.4, 0.5) is 57.9 Å². The van der Waals surface area contributed by atoms with Gasteiger partial charge in [-0.1, -0.05) is 108 Å². The van der Waals surface area contributed by atoms with Crippen LogP contribution in [-0.2, 0) is 119 Å². The molecule has 6 heterocycles. The number of aliphatic hydroxyl groups excluding tert-OH is 3. The fourth-order valence-corrected chi connectivity index (χ4v) is 9.45. The van der Waals surface area contributed by atoms with Gasteiger partial charge in [-0.2, -0.15) is 0 Å². The Morgan fingerprint density at radius 2 is 0.679 bits per heavy atom. The minimum Gasteiger partial charge on any atom is -0.512 e. The smallest absolute Gasteiger partial charge is 0.155 e. The van der Waals surface area contributed by atoms with Crippen molar-refractivity contribution in [1.82, 2.24) is 29.9 Å². The molecule has 0 saturated heterocycles. The first-order valence-electron chi connectivity index (χ1n) is 32.5. The summed E-state index contributed by atoms with van der Waals surface area (Å²) in [7, 11) is 3.93. The van der Waals surface area contributed by atoms with Gasteiger partial charge in [-0.3, -0.25) is 39.9 Å². The molecule has 8 aromatic carbocycles. The van der Waals surface area contributed by atoms with Crippen LogP contribution in [0.1, 0.15) is 25.0 Å². The van der Waals surface area contributed by atoms with Crippen molar-refractivity contribution < 1.29 is 156 Å². The molecule has 0 aliphatic heterocycles. The Labute approximate surface area is 712 Å². The number of para-hydroxylation sites is 2. The Morgan fingerprint density at radius 1 is 0.348 bits per heavy atom. The molecule has 0 fully saturated rings. The van der Waals surface area contributed by atoms with E-state index in [1.165, 1.54) is 80.7 Å². The number of halogens is 8. The minimum absolute atomic E-state index is 0. The number of anilines is 4. The Kier molecular flexibility index (Phi) is 43.7. The number of hydrogen-bond donors (Lipinski definition) is 3. The Balaban J connectivity index is 0.000000344. The van der Waals surface area contributed by atoms with Gasteiger partial charge in [-0.05, 0) is 120 Å². The summed E-state index contributed by atoms with van der Waals surface area (Å²) in [6.07, 6.45) is 11.0. The summed E-state index contributed by atoms with van der Waals surface area (Å²) in [6, 6.07) is 83.1. The van der Waals surface area contributed by atoms with Crippen LogP contribution < -0.4 is 9.80 Å².